The van der Waals surface area contributed by atoms with E-state index in [-0.39, 0.29) is 6.03 Å². The van der Waals surface area contributed by atoms with Gasteiger partial charge in [-0.3, -0.25) is 4.31 Å². The molecule has 2 rings (SSSR count). The number of hydrogen-bond acceptors (Lipinski definition) is 2. The van der Waals surface area contributed by atoms with Gasteiger partial charge < -0.3 is 4.90 Å². The summed E-state index contributed by atoms with van der Waals surface area (Å²) >= 11 is 4.25. The summed E-state index contributed by atoms with van der Waals surface area (Å²) in [5, 5.41) is 0. The van der Waals surface area contributed by atoms with Gasteiger partial charge in [0.15, 0.2) is 0 Å². The van der Waals surface area contributed by atoms with Gasteiger partial charge in [-0.2, -0.15) is 0 Å². The van der Waals surface area contributed by atoms with Crippen LogP contribution in [0.5, 0.6) is 0 Å². The van der Waals surface area contributed by atoms with Crippen LogP contribution in [0.1, 0.15) is 11.1 Å². The summed E-state index contributed by atoms with van der Waals surface area (Å²) < 4.78 is 1.37. The van der Waals surface area contributed by atoms with Crippen LogP contribution >= 0.6 is 12.8 Å². The molecule has 22 heavy (non-hydrogen) atoms. The van der Waals surface area contributed by atoms with Gasteiger partial charge in [0.25, 0.3) is 0 Å². The van der Waals surface area contributed by atoms with E-state index in [1.165, 1.54) is 4.31 Å². The fourth-order valence-electron chi connectivity index (χ4n) is 2.16. The number of carbonyl (C=O) groups is 1. The topological polar surface area (TPSA) is 23.6 Å². The van der Waals surface area contributed by atoms with Crippen molar-refractivity contribution >= 4 is 18.8 Å². The molecule has 0 N–H and O–H groups in total. The quantitative estimate of drug-likeness (QED) is 0.629. The Labute approximate surface area is 137 Å². The lowest BCUT2D eigenvalue weighted by Crippen LogP contribution is -2.38. The fourth-order valence-corrected chi connectivity index (χ4v) is 2.40. The van der Waals surface area contributed by atoms with Crippen molar-refractivity contribution in [2.24, 2.45) is 0 Å². The molecule has 0 heterocycles. The third kappa shape index (κ3) is 4.67. The lowest BCUT2D eigenvalue weighted by molar-refractivity contribution is 0.177. The number of thiol groups is 1. The second kappa shape index (κ2) is 8.29. The first-order valence-corrected chi connectivity index (χ1v) is 7.54. The minimum absolute atomic E-state index is 0.129. The standard InChI is InChI=1S/C18H20N2OS/c1-2-13-20(22)18(21)19(14-16-9-5-3-6-10-16)15-17-11-7-4-8-12-17/h2-12,22H,1,13-15H2. The van der Waals surface area contributed by atoms with Crippen LogP contribution in [-0.4, -0.2) is 21.8 Å². The molecule has 0 saturated carbocycles. The Kier molecular flexibility index (Phi) is 6.10. The van der Waals surface area contributed by atoms with Crippen molar-refractivity contribution in [3.8, 4) is 0 Å². The highest BCUT2D eigenvalue weighted by molar-refractivity contribution is 7.78. The fraction of sp³-hybridized carbons (Fsp3) is 0.167. The first kappa shape index (κ1) is 16.2. The van der Waals surface area contributed by atoms with E-state index >= 15 is 0 Å². The van der Waals surface area contributed by atoms with Gasteiger partial charge in [0.2, 0.25) is 0 Å². The Balaban J connectivity index is 2.16. The Morgan fingerprint density at radius 2 is 1.41 bits per heavy atom. The summed E-state index contributed by atoms with van der Waals surface area (Å²) in [6.07, 6.45) is 1.66. The van der Waals surface area contributed by atoms with Crippen LogP contribution < -0.4 is 0 Å². The number of urea groups is 1. The molecular formula is C18H20N2OS. The molecule has 2 aromatic rings. The van der Waals surface area contributed by atoms with Gasteiger partial charge in [-0.15, -0.1) is 6.58 Å². The van der Waals surface area contributed by atoms with Crippen LogP contribution in [0.25, 0.3) is 0 Å². The Hall–Kier alpha value is -2.20. The summed E-state index contributed by atoms with van der Waals surface area (Å²) in [5.41, 5.74) is 2.18. The number of amides is 2. The van der Waals surface area contributed by atoms with Crippen molar-refractivity contribution < 1.29 is 4.79 Å². The average Bonchev–Trinajstić information content (AvgIpc) is 2.56. The maximum absolute atomic E-state index is 12.6. The molecule has 2 aromatic carbocycles. The second-order valence-electron chi connectivity index (χ2n) is 4.98. The predicted molar refractivity (Wildman–Crippen MR) is 93.4 cm³/mol. The van der Waals surface area contributed by atoms with Gasteiger partial charge in [0.05, 0.1) is 6.54 Å². The zero-order valence-electron chi connectivity index (χ0n) is 12.4. The molecule has 4 heteroatoms. The summed E-state index contributed by atoms with van der Waals surface area (Å²) in [4.78, 5) is 14.3. The number of benzene rings is 2. The molecule has 0 unspecified atom stereocenters. The molecule has 3 nitrogen and oxygen atoms in total. The van der Waals surface area contributed by atoms with Crippen LogP contribution in [0.4, 0.5) is 4.79 Å². The minimum atomic E-state index is -0.129. The van der Waals surface area contributed by atoms with E-state index in [9.17, 15) is 4.79 Å². The molecule has 0 aliphatic carbocycles. The van der Waals surface area contributed by atoms with Crippen molar-refractivity contribution in [2.75, 3.05) is 6.54 Å². The van der Waals surface area contributed by atoms with Gasteiger partial charge in [-0.25, -0.2) is 4.79 Å². The van der Waals surface area contributed by atoms with Crippen molar-refractivity contribution in [1.29, 1.82) is 0 Å². The number of hydrogen-bond donors (Lipinski definition) is 1. The molecule has 0 bridgehead atoms. The third-order valence-electron chi connectivity index (χ3n) is 3.23. The number of carbonyl (C=O) groups excluding carboxylic acids is 1. The monoisotopic (exact) mass is 312 g/mol. The van der Waals surface area contributed by atoms with Gasteiger partial charge >= 0.3 is 6.03 Å². The average molecular weight is 312 g/mol. The Bertz CT molecular complexity index is 559. The number of rotatable bonds is 6. The summed E-state index contributed by atoms with van der Waals surface area (Å²) in [7, 11) is 0. The van der Waals surface area contributed by atoms with Crippen molar-refractivity contribution in [1.82, 2.24) is 9.21 Å². The largest absolute Gasteiger partial charge is 0.330 e. The normalized spacial score (nSPS) is 10.0. The van der Waals surface area contributed by atoms with Crippen LogP contribution in [0.3, 0.4) is 0 Å². The van der Waals surface area contributed by atoms with E-state index in [1.807, 2.05) is 60.7 Å². The van der Waals surface area contributed by atoms with Crippen LogP contribution in [0, 0.1) is 0 Å². The molecule has 0 saturated heterocycles. The maximum Gasteiger partial charge on any atom is 0.330 e. The highest BCUT2D eigenvalue weighted by Crippen LogP contribution is 2.13. The van der Waals surface area contributed by atoms with E-state index in [0.29, 0.717) is 19.6 Å². The highest BCUT2D eigenvalue weighted by atomic mass is 32.1. The molecule has 0 atom stereocenters. The van der Waals surface area contributed by atoms with E-state index in [4.69, 9.17) is 0 Å². The first-order chi connectivity index (χ1) is 10.7. The Morgan fingerprint density at radius 1 is 0.955 bits per heavy atom. The van der Waals surface area contributed by atoms with Gasteiger partial charge in [0, 0.05) is 13.1 Å². The summed E-state index contributed by atoms with van der Waals surface area (Å²) in [6.45, 7) is 5.14. The lowest BCUT2D eigenvalue weighted by atomic mass is 10.2. The highest BCUT2D eigenvalue weighted by Gasteiger charge is 2.18. The molecule has 0 aliphatic heterocycles. The van der Waals surface area contributed by atoms with Crippen molar-refractivity contribution in [3.63, 3.8) is 0 Å². The molecule has 0 fully saturated rings. The van der Waals surface area contributed by atoms with Gasteiger partial charge in [-0.1, -0.05) is 79.6 Å². The molecule has 0 spiro atoms. The molecular weight excluding hydrogens is 292 g/mol. The van der Waals surface area contributed by atoms with Crippen LogP contribution in [0.15, 0.2) is 73.3 Å². The predicted octanol–water partition coefficient (Wildman–Crippen LogP) is 4.14. The van der Waals surface area contributed by atoms with Gasteiger partial charge in [0.1, 0.15) is 0 Å². The summed E-state index contributed by atoms with van der Waals surface area (Å²) in [5.74, 6) is 0. The van der Waals surface area contributed by atoms with Gasteiger partial charge in [-0.05, 0) is 11.1 Å². The zero-order valence-corrected chi connectivity index (χ0v) is 13.3. The molecule has 0 aliphatic rings. The van der Waals surface area contributed by atoms with E-state index in [0.717, 1.165) is 11.1 Å². The van der Waals surface area contributed by atoms with Crippen molar-refractivity contribution in [3.05, 3.63) is 84.4 Å². The van der Waals surface area contributed by atoms with E-state index < -0.39 is 0 Å². The lowest BCUT2D eigenvalue weighted by Gasteiger charge is -2.27. The maximum atomic E-state index is 12.6. The van der Waals surface area contributed by atoms with Crippen LogP contribution in [-0.2, 0) is 13.1 Å². The SMILES string of the molecule is C=CCN(S)C(=O)N(Cc1ccccc1)Cc1ccccc1. The second-order valence-corrected chi connectivity index (χ2v) is 5.46. The first-order valence-electron chi connectivity index (χ1n) is 7.14. The summed E-state index contributed by atoms with van der Waals surface area (Å²) in [6, 6.07) is 19.8. The molecule has 2 amide bonds. The smallest absolute Gasteiger partial charge is 0.315 e. The van der Waals surface area contributed by atoms with E-state index in [1.54, 1.807) is 11.0 Å². The molecule has 0 radical (unpaired) electrons. The zero-order chi connectivity index (χ0) is 15.8. The van der Waals surface area contributed by atoms with Crippen molar-refractivity contribution in [2.45, 2.75) is 13.1 Å². The third-order valence-corrected chi connectivity index (χ3v) is 3.56. The van der Waals surface area contributed by atoms with E-state index in [2.05, 4.69) is 19.4 Å². The Morgan fingerprint density at radius 3 is 1.82 bits per heavy atom. The number of nitrogens with zero attached hydrogens (tertiary/aromatic N) is 2. The molecule has 0 aromatic heterocycles. The minimum Gasteiger partial charge on any atom is -0.315 e. The van der Waals surface area contributed by atoms with Crippen LogP contribution in [0.2, 0.25) is 0 Å². The molecule has 114 valence electrons.